The second kappa shape index (κ2) is 4.80. The zero-order valence-corrected chi connectivity index (χ0v) is 10.4. The number of nitrogens with one attached hydrogen (secondary N) is 1. The zero-order chi connectivity index (χ0) is 11.5. The maximum absolute atomic E-state index is 11.6. The molecule has 0 amide bonds. The molecule has 3 N–H and O–H groups in total. The lowest BCUT2D eigenvalue weighted by atomic mass is 9.77. The molecule has 1 fully saturated rings. The van der Waals surface area contributed by atoms with Gasteiger partial charge in [0.15, 0.2) is 0 Å². The Bertz CT molecular complexity index is 303. The molecular weight excluding hydrogens is 212 g/mol. The molecule has 0 aromatic heterocycles. The first kappa shape index (κ1) is 12.9. The number of sulfonamides is 1. The summed E-state index contributed by atoms with van der Waals surface area (Å²) in [6, 6.07) is 0. The van der Waals surface area contributed by atoms with Crippen LogP contribution in [0.15, 0.2) is 0 Å². The fraction of sp³-hybridized carbons (Fsp3) is 1.00. The average molecular weight is 234 g/mol. The van der Waals surface area contributed by atoms with Gasteiger partial charge in [-0.15, -0.1) is 0 Å². The van der Waals surface area contributed by atoms with E-state index in [1.807, 2.05) is 0 Å². The van der Waals surface area contributed by atoms with Crippen molar-refractivity contribution in [3.05, 3.63) is 0 Å². The van der Waals surface area contributed by atoms with Gasteiger partial charge >= 0.3 is 0 Å². The maximum Gasteiger partial charge on any atom is 0.211 e. The van der Waals surface area contributed by atoms with Crippen molar-refractivity contribution in [2.45, 2.75) is 45.1 Å². The van der Waals surface area contributed by atoms with Gasteiger partial charge < -0.3 is 5.73 Å². The van der Waals surface area contributed by atoms with Crippen LogP contribution >= 0.6 is 0 Å². The van der Waals surface area contributed by atoms with Gasteiger partial charge in [0.1, 0.15) is 0 Å². The van der Waals surface area contributed by atoms with E-state index in [2.05, 4.69) is 11.6 Å². The van der Waals surface area contributed by atoms with E-state index in [1.165, 1.54) is 6.42 Å². The topological polar surface area (TPSA) is 72.2 Å². The number of rotatable bonds is 4. The van der Waals surface area contributed by atoms with E-state index in [1.54, 1.807) is 6.92 Å². The first-order chi connectivity index (χ1) is 6.93. The fourth-order valence-corrected chi connectivity index (χ4v) is 3.45. The maximum atomic E-state index is 11.6. The Morgan fingerprint density at radius 3 is 2.67 bits per heavy atom. The molecule has 0 saturated heterocycles. The van der Waals surface area contributed by atoms with Crippen LogP contribution in [0, 0.1) is 5.92 Å². The average Bonchev–Trinajstić information content (AvgIpc) is 2.17. The molecule has 1 rings (SSSR count). The van der Waals surface area contributed by atoms with Gasteiger partial charge in [0.25, 0.3) is 0 Å². The Morgan fingerprint density at radius 1 is 1.53 bits per heavy atom. The molecule has 1 aliphatic rings. The third kappa shape index (κ3) is 3.43. The number of nitrogens with two attached hydrogens (primary N) is 1. The molecule has 1 saturated carbocycles. The number of hydrogen-bond donors (Lipinski definition) is 2. The van der Waals surface area contributed by atoms with Crippen molar-refractivity contribution in [3.8, 4) is 0 Å². The van der Waals surface area contributed by atoms with Crippen LogP contribution in [0.2, 0.25) is 0 Å². The molecular formula is C10H22N2O2S. The summed E-state index contributed by atoms with van der Waals surface area (Å²) in [7, 11) is -3.14. The molecule has 90 valence electrons. The molecule has 2 unspecified atom stereocenters. The third-order valence-corrected chi connectivity index (χ3v) is 4.74. The van der Waals surface area contributed by atoms with E-state index < -0.39 is 10.0 Å². The van der Waals surface area contributed by atoms with Gasteiger partial charge in [-0.3, -0.25) is 0 Å². The van der Waals surface area contributed by atoms with Crippen molar-refractivity contribution in [1.29, 1.82) is 0 Å². The standard InChI is InChI=1S/C10H22N2O2S/c1-3-15(13,14)12-10(8-11)6-4-5-9(2)7-10/h9,12H,3-8,11H2,1-2H3. The molecule has 0 radical (unpaired) electrons. The highest BCUT2D eigenvalue weighted by Crippen LogP contribution is 2.32. The summed E-state index contributed by atoms with van der Waals surface area (Å²) in [4.78, 5) is 0. The summed E-state index contributed by atoms with van der Waals surface area (Å²) in [5.74, 6) is 0.685. The van der Waals surface area contributed by atoms with Crippen LogP contribution in [0.25, 0.3) is 0 Å². The Labute approximate surface area is 92.7 Å². The second-order valence-electron chi connectivity index (χ2n) is 4.69. The minimum absolute atomic E-state index is 0.128. The summed E-state index contributed by atoms with van der Waals surface area (Å²) in [6.07, 6.45) is 3.97. The molecule has 5 heteroatoms. The van der Waals surface area contributed by atoms with E-state index in [0.29, 0.717) is 12.5 Å². The lowest BCUT2D eigenvalue weighted by Gasteiger charge is -2.39. The smallest absolute Gasteiger partial charge is 0.211 e. The molecule has 0 spiro atoms. The molecule has 2 atom stereocenters. The highest BCUT2D eigenvalue weighted by Gasteiger charge is 2.36. The van der Waals surface area contributed by atoms with Gasteiger partial charge in [-0.25, -0.2) is 13.1 Å². The molecule has 4 nitrogen and oxygen atoms in total. The lowest BCUT2D eigenvalue weighted by molar-refractivity contribution is 0.223. The second-order valence-corrected chi connectivity index (χ2v) is 6.70. The predicted octanol–water partition coefficient (Wildman–Crippen LogP) is 0.833. The van der Waals surface area contributed by atoms with Crippen LogP contribution in [0.5, 0.6) is 0 Å². The Hall–Kier alpha value is -0.130. The third-order valence-electron chi connectivity index (χ3n) is 3.23. The van der Waals surface area contributed by atoms with Crippen LogP contribution in [-0.2, 0) is 10.0 Å². The highest BCUT2D eigenvalue weighted by atomic mass is 32.2. The van der Waals surface area contributed by atoms with E-state index >= 15 is 0 Å². The summed E-state index contributed by atoms with van der Waals surface area (Å²) in [5.41, 5.74) is 5.35. The monoisotopic (exact) mass is 234 g/mol. The summed E-state index contributed by atoms with van der Waals surface area (Å²) in [6.45, 7) is 4.21. The molecule has 1 aliphatic carbocycles. The van der Waals surface area contributed by atoms with Crippen molar-refractivity contribution >= 4 is 10.0 Å². The van der Waals surface area contributed by atoms with Crippen LogP contribution in [0.4, 0.5) is 0 Å². The minimum atomic E-state index is -3.14. The highest BCUT2D eigenvalue weighted by molar-refractivity contribution is 7.89. The van der Waals surface area contributed by atoms with Crippen molar-refractivity contribution in [1.82, 2.24) is 4.72 Å². The van der Waals surface area contributed by atoms with Crippen LogP contribution in [0.1, 0.15) is 39.5 Å². The van der Waals surface area contributed by atoms with Crippen LogP contribution < -0.4 is 10.5 Å². The molecule has 0 aromatic rings. The van der Waals surface area contributed by atoms with E-state index in [-0.39, 0.29) is 11.3 Å². The van der Waals surface area contributed by atoms with Crippen molar-refractivity contribution in [2.24, 2.45) is 11.7 Å². The summed E-state index contributed by atoms with van der Waals surface area (Å²) in [5, 5.41) is 0. The van der Waals surface area contributed by atoms with Gasteiger partial charge in [-0.2, -0.15) is 0 Å². The van der Waals surface area contributed by atoms with Crippen molar-refractivity contribution in [2.75, 3.05) is 12.3 Å². The molecule has 15 heavy (non-hydrogen) atoms. The first-order valence-electron chi connectivity index (χ1n) is 5.65. The first-order valence-corrected chi connectivity index (χ1v) is 7.30. The zero-order valence-electron chi connectivity index (χ0n) is 9.62. The fourth-order valence-electron chi connectivity index (χ4n) is 2.38. The number of hydrogen-bond acceptors (Lipinski definition) is 3. The predicted molar refractivity (Wildman–Crippen MR) is 62.0 cm³/mol. The Kier molecular flexibility index (Phi) is 4.14. The molecule has 0 bridgehead atoms. The van der Waals surface area contributed by atoms with Crippen LogP contribution in [0.3, 0.4) is 0 Å². The normalized spacial score (nSPS) is 32.9. The minimum Gasteiger partial charge on any atom is -0.329 e. The van der Waals surface area contributed by atoms with Gasteiger partial charge in [0.2, 0.25) is 10.0 Å². The Balaban J connectivity index is 2.76. The molecule has 0 aromatic carbocycles. The van der Waals surface area contributed by atoms with Crippen molar-refractivity contribution in [3.63, 3.8) is 0 Å². The quantitative estimate of drug-likeness (QED) is 0.757. The van der Waals surface area contributed by atoms with Gasteiger partial charge in [-0.05, 0) is 25.7 Å². The summed E-state index contributed by atoms with van der Waals surface area (Å²) < 4.78 is 25.9. The lowest BCUT2D eigenvalue weighted by Crippen LogP contribution is -2.56. The van der Waals surface area contributed by atoms with Crippen LogP contribution in [-0.4, -0.2) is 26.3 Å². The molecule has 0 heterocycles. The Morgan fingerprint density at radius 2 is 2.20 bits per heavy atom. The van der Waals surface area contributed by atoms with Gasteiger partial charge in [0, 0.05) is 12.1 Å². The van der Waals surface area contributed by atoms with E-state index in [9.17, 15) is 8.42 Å². The van der Waals surface area contributed by atoms with E-state index in [0.717, 1.165) is 19.3 Å². The van der Waals surface area contributed by atoms with Crippen molar-refractivity contribution < 1.29 is 8.42 Å². The largest absolute Gasteiger partial charge is 0.329 e. The SMILES string of the molecule is CCS(=O)(=O)NC1(CN)CCCC(C)C1. The molecule has 0 aliphatic heterocycles. The summed E-state index contributed by atoms with van der Waals surface area (Å²) >= 11 is 0. The van der Waals surface area contributed by atoms with Gasteiger partial charge in [0.05, 0.1) is 5.75 Å². The van der Waals surface area contributed by atoms with Gasteiger partial charge in [-0.1, -0.05) is 19.8 Å². The van der Waals surface area contributed by atoms with E-state index in [4.69, 9.17) is 5.73 Å².